The molecule has 0 spiro atoms. The third-order valence-electron chi connectivity index (χ3n) is 5.31. The lowest BCUT2D eigenvalue weighted by molar-refractivity contribution is -0.140. The normalized spacial score (nSPS) is 10.8. The maximum Gasteiger partial charge on any atom is 0.305 e. The summed E-state index contributed by atoms with van der Waals surface area (Å²) in [5.41, 5.74) is 5.55. The molecule has 2 heterocycles. The molecule has 0 unspecified atom stereocenters. The van der Waals surface area contributed by atoms with E-state index in [2.05, 4.69) is 15.5 Å². The SMILES string of the molecule is COC(=O)CCc1c(C)nn(-c2ccc(C(=O)NCCCc3cnn(C)c3)cc2)c1C. The van der Waals surface area contributed by atoms with Crippen LogP contribution in [0.15, 0.2) is 36.7 Å². The monoisotopic (exact) mass is 423 g/mol. The molecule has 164 valence electrons. The number of methoxy groups -OCH3 is 1. The molecule has 8 nitrogen and oxygen atoms in total. The first kappa shape index (κ1) is 22.3. The summed E-state index contributed by atoms with van der Waals surface area (Å²) in [7, 11) is 3.29. The van der Waals surface area contributed by atoms with E-state index in [4.69, 9.17) is 4.74 Å². The van der Waals surface area contributed by atoms with Crippen LogP contribution in [0.5, 0.6) is 0 Å². The van der Waals surface area contributed by atoms with E-state index in [-0.39, 0.29) is 11.9 Å². The number of hydrogen-bond acceptors (Lipinski definition) is 5. The molecule has 1 amide bonds. The molecule has 3 aromatic rings. The second-order valence-corrected chi connectivity index (χ2v) is 7.57. The van der Waals surface area contributed by atoms with Crippen molar-refractivity contribution in [2.45, 2.75) is 39.5 Å². The molecule has 8 heteroatoms. The first-order valence-corrected chi connectivity index (χ1v) is 10.4. The van der Waals surface area contributed by atoms with Crippen molar-refractivity contribution in [1.82, 2.24) is 24.9 Å². The van der Waals surface area contributed by atoms with E-state index in [1.165, 1.54) is 7.11 Å². The van der Waals surface area contributed by atoms with Gasteiger partial charge in [0.05, 0.1) is 24.7 Å². The first-order valence-electron chi connectivity index (χ1n) is 10.4. The lowest BCUT2D eigenvalue weighted by Gasteiger charge is -2.08. The van der Waals surface area contributed by atoms with Gasteiger partial charge in [-0.15, -0.1) is 0 Å². The summed E-state index contributed by atoms with van der Waals surface area (Å²) in [6.45, 7) is 4.52. The number of ether oxygens (including phenoxy) is 1. The molecule has 2 aromatic heterocycles. The van der Waals surface area contributed by atoms with Crippen molar-refractivity contribution in [1.29, 1.82) is 0 Å². The van der Waals surface area contributed by atoms with Crippen LogP contribution in [0, 0.1) is 13.8 Å². The number of carbonyl (C=O) groups excluding carboxylic acids is 2. The van der Waals surface area contributed by atoms with Crippen molar-refractivity contribution < 1.29 is 14.3 Å². The Kier molecular flexibility index (Phi) is 7.23. The second-order valence-electron chi connectivity index (χ2n) is 7.57. The van der Waals surface area contributed by atoms with Crippen molar-refractivity contribution in [3.8, 4) is 5.69 Å². The van der Waals surface area contributed by atoms with E-state index in [1.807, 2.05) is 50.1 Å². The van der Waals surface area contributed by atoms with Gasteiger partial charge < -0.3 is 10.1 Å². The highest BCUT2D eigenvalue weighted by molar-refractivity contribution is 5.94. The highest BCUT2D eigenvalue weighted by atomic mass is 16.5. The Hall–Kier alpha value is -3.42. The van der Waals surface area contributed by atoms with Crippen LogP contribution in [0.1, 0.15) is 45.7 Å². The molecular formula is C23H29N5O3. The predicted molar refractivity (Wildman–Crippen MR) is 117 cm³/mol. The maximum absolute atomic E-state index is 12.4. The highest BCUT2D eigenvalue weighted by Gasteiger charge is 2.15. The molecule has 0 fully saturated rings. The van der Waals surface area contributed by atoms with Crippen LogP contribution in [0.25, 0.3) is 5.69 Å². The molecule has 0 aliphatic carbocycles. The lowest BCUT2D eigenvalue weighted by Crippen LogP contribution is -2.24. The summed E-state index contributed by atoms with van der Waals surface area (Å²) in [6, 6.07) is 7.37. The topological polar surface area (TPSA) is 91.0 Å². The predicted octanol–water partition coefficient (Wildman–Crippen LogP) is 2.69. The molecule has 3 rings (SSSR count). The van der Waals surface area contributed by atoms with E-state index in [0.717, 1.165) is 41.0 Å². The van der Waals surface area contributed by atoms with Gasteiger partial charge >= 0.3 is 5.97 Å². The minimum absolute atomic E-state index is 0.0927. The van der Waals surface area contributed by atoms with Gasteiger partial charge in [0, 0.05) is 37.5 Å². The maximum atomic E-state index is 12.4. The summed E-state index contributed by atoms with van der Waals surface area (Å²) in [5.74, 6) is -0.327. The fourth-order valence-electron chi connectivity index (χ4n) is 3.57. The fraction of sp³-hybridized carbons (Fsp3) is 0.391. The van der Waals surface area contributed by atoms with Gasteiger partial charge in [-0.05, 0) is 68.5 Å². The number of nitrogens with zero attached hydrogens (tertiary/aromatic N) is 4. The molecule has 0 aliphatic heterocycles. The Morgan fingerprint density at radius 2 is 1.87 bits per heavy atom. The van der Waals surface area contributed by atoms with E-state index >= 15 is 0 Å². The van der Waals surface area contributed by atoms with Crippen molar-refractivity contribution in [3.63, 3.8) is 0 Å². The zero-order valence-corrected chi connectivity index (χ0v) is 18.5. The molecule has 0 bridgehead atoms. The van der Waals surface area contributed by atoms with Crippen LogP contribution < -0.4 is 5.32 Å². The Bertz CT molecular complexity index is 1050. The Labute approximate surface area is 182 Å². The molecular weight excluding hydrogens is 394 g/mol. The first-order chi connectivity index (χ1) is 14.9. The zero-order chi connectivity index (χ0) is 22.4. The van der Waals surface area contributed by atoms with Crippen molar-refractivity contribution >= 4 is 11.9 Å². The molecule has 0 saturated heterocycles. The second kappa shape index (κ2) is 10.1. The molecule has 0 aliphatic rings. The highest BCUT2D eigenvalue weighted by Crippen LogP contribution is 2.20. The van der Waals surface area contributed by atoms with E-state index in [0.29, 0.717) is 24.9 Å². The third kappa shape index (κ3) is 5.59. The van der Waals surface area contributed by atoms with Crippen LogP contribution in [-0.2, 0) is 29.4 Å². The third-order valence-corrected chi connectivity index (χ3v) is 5.31. The van der Waals surface area contributed by atoms with Crippen LogP contribution in [-0.4, -0.2) is 45.1 Å². The van der Waals surface area contributed by atoms with E-state index < -0.39 is 0 Å². The summed E-state index contributed by atoms with van der Waals surface area (Å²) in [6.07, 6.45) is 6.48. The van der Waals surface area contributed by atoms with Crippen LogP contribution in [0.4, 0.5) is 0 Å². The van der Waals surface area contributed by atoms with E-state index in [1.54, 1.807) is 16.8 Å². The van der Waals surface area contributed by atoms with Crippen LogP contribution in [0.2, 0.25) is 0 Å². The van der Waals surface area contributed by atoms with E-state index in [9.17, 15) is 9.59 Å². The number of rotatable bonds is 9. The average molecular weight is 424 g/mol. The largest absolute Gasteiger partial charge is 0.469 e. The van der Waals surface area contributed by atoms with Gasteiger partial charge in [0.25, 0.3) is 5.91 Å². The summed E-state index contributed by atoms with van der Waals surface area (Å²) in [5, 5.41) is 11.7. The molecule has 0 saturated carbocycles. The van der Waals surface area contributed by atoms with Crippen LogP contribution >= 0.6 is 0 Å². The number of hydrogen-bond donors (Lipinski definition) is 1. The van der Waals surface area contributed by atoms with Gasteiger partial charge in [0.2, 0.25) is 0 Å². The van der Waals surface area contributed by atoms with Gasteiger partial charge in [0.1, 0.15) is 0 Å². The van der Waals surface area contributed by atoms with Gasteiger partial charge in [-0.2, -0.15) is 10.2 Å². The number of amides is 1. The number of aryl methyl sites for hydroxylation is 3. The van der Waals surface area contributed by atoms with Gasteiger partial charge in [-0.3, -0.25) is 14.3 Å². The van der Waals surface area contributed by atoms with Crippen molar-refractivity contribution in [3.05, 3.63) is 64.7 Å². The van der Waals surface area contributed by atoms with Gasteiger partial charge in [-0.1, -0.05) is 0 Å². The number of benzene rings is 1. The molecule has 1 N–H and O–H groups in total. The molecule has 31 heavy (non-hydrogen) atoms. The fourth-order valence-corrected chi connectivity index (χ4v) is 3.57. The number of aromatic nitrogens is 4. The Morgan fingerprint density at radius 3 is 2.52 bits per heavy atom. The standard InChI is InChI=1S/C23H29N5O3/c1-16-21(11-12-22(29)31-4)17(2)28(26-16)20-9-7-19(8-10-20)23(30)24-13-5-6-18-14-25-27(3)15-18/h7-10,14-15H,5-6,11-13H2,1-4H3,(H,24,30). The number of esters is 1. The van der Waals surface area contributed by atoms with Crippen LogP contribution in [0.3, 0.4) is 0 Å². The number of nitrogens with one attached hydrogen (secondary N) is 1. The minimum Gasteiger partial charge on any atom is -0.469 e. The van der Waals surface area contributed by atoms with Crippen molar-refractivity contribution in [2.24, 2.45) is 7.05 Å². The Morgan fingerprint density at radius 1 is 1.13 bits per heavy atom. The smallest absolute Gasteiger partial charge is 0.305 e. The minimum atomic E-state index is -0.234. The molecule has 1 aromatic carbocycles. The molecule has 0 radical (unpaired) electrons. The van der Waals surface area contributed by atoms with Crippen molar-refractivity contribution in [2.75, 3.05) is 13.7 Å². The zero-order valence-electron chi connectivity index (χ0n) is 18.5. The summed E-state index contributed by atoms with van der Waals surface area (Å²) < 4.78 is 8.35. The van der Waals surface area contributed by atoms with Gasteiger partial charge in [0.15, 0.2) is 0 Å². The summed E-state index contributed by atoms with van der Waals surface area (Å²) >= 11 is 0. The summed E-state index contributed by atoms with van der Waals surface area (Å²) in [4.78, 5) is 23.9. The number of carbonyl (C=O) groups is 2. The average Bonchev–Trinajstić information content (AvgIpc) is 3.31. The Balaban J connectivity index is 1.58. The van der Waals surface area contributed by atoms with Gasteiger partial charge in [-0.25, -0.2) is 4.68 Å². The lowest BCUT2D eigenvalue weighted by atomic mass is 10.1. The quantitative estimate of drug-likeness (QED) is 0.422. The molecule has 0 atom stereocenters.